The fraction of sp³-hybridized carbons (Fsp3) is 0.294. The number of nitrogens with zero attached hydrogens (tertiary/aromatic N) is 5. The normalized spacial score (nSPS) is 11.1. The average Bonchev–Trinajstić information content (AvgIpc) is 3.00. The summed E-state index contributed by atoms with van der Waals surface area (Å²) in [6.07, 6.45) is 2.73. The highest BCUT2D eigenvalue weighted by Gasteiger charge is 2.14. The van der Waals surface area contributed by atoms with Crippen LogP contribution in [0, 0.1) is 0 Å². The summed E-state index contributed by atoms with van der Waals surface area (Å²) in [5, 5.41) is 4.32. The molecule has 2 aromatic heterocycles. The standard InChI is InChI=1S/C17H17F2N5O3/c1-22(8-11-3-5-12(6-4-11)27-17(18)19)14(25)9-24-10-20-15-13(16(24)26)7-21-23(15)2/h3-7,10,17H,8-9H2,1-2H3. The molecule has 0 fully saturated rings. The van der Waals surface area contributed by atoms with Crippen LogP contribution in [-0.4, -0.2) is 43.8 Å². The van der Waals surface area contributed by atoms with Gasteiger partial charge in [0.15, 0.2) is 5.65 Å². The smallest absolute Gasteiger partial charge is 0.387 e. The number of fused-ring (bicyclic) bond motifs is 1. The average molecular weight is 377 g/mol. The lowest BCUT2D eigenvalue weighted by atomic mass is 10.2. The van der Waals surface area contributed by atoms with Gasteiger partial charge in [-0.1, -0.05) is 12.1 Å². The number of aryl methyl sites for hydroxylation is 1. The van der Waals surface area contributed by atoms with Crippen LogP contribution in [0.1, 0.15) is 5.56 Å². The van der Waals surface area contributed by atoms with Gasteiger partial charge in [-0.05, 0) is 17.7 Å². The molecule has 0 aliphatic carbocycles. The van der Waals surface area contributed by atoms with Crippen LogP contribution in [0.15, 0.2) is 41.6 Å². The molecule has 3 aromatic rings. The third-order valence-corrected chi connectivity index (χ3v) is 4.02. The molecule has 10 heteroatoms. The van der Waals surface area contributed by atoms with Gasteiger partial charge in [0.2, 0.25) is 5.91 Å². The third kappa shape index (κ3) is 4.10. The van der Waals surface area contributed by atoms with Crippen LogP contribution in [0.25, 0.3) is 11.0 Å². The van der Waals surface area contributed by atoms with Crippen LogP contribution in [0.3, 0.4) is 0 Å². The summed E-state index contributed by atoms with van der Waals surface area (Å²) in [6.45, 7) is -2.80. The maximum atomic E-state index is 12.4. The fourth-order valence-electron chi connectivity index (χ4n) is 2.58. The van der Waals surface area contributed by atoms with Crippen LogP contribution < -0.4 is 10.3 Å². The van der Waals surface area contributed by atoms with Crippen molar-refractivity contribution in [2.24, 2.45) is 7.05 Å². The summed E-state index contributed by atoms with van der Waals surface area (Å²) < 4.78 is 31.3. The molecule has 0 N–H and O–H groups in total. The summed E-state index contributed by atoms with van der Waals surface area (Å²) in [5.74, 6) is -0.250. The molecule has 0 aliphatic rings. The van der Waals surface area contributed by atoms with Crippen molar-refractivity contribution >= 4 is 16.9 Å². The molecule has 0 aliphatic heterocycles. The Kier molecular flexibility index (Phi) is 5.15. The highest BCUT2D eigenvalue weighted by Crippen LogP contribution is 2.15. The molecule has 0 spiro atoms. The Labute approximate surface area is 152 Å². The van der Waals surface area contributed by atoms with E-state index in [0.29, 0.717) is 11.0 Å². The zero-order valence-corrected chi connectivity index (χ0v) is 14.7. The van der Waals surface area contributed by atoms with Gasteiger partial charge in [-0.3, -0.25) is 18.8 Å². The van der Waals surface area contributed by atoms with Crippen molar-refractivity contribution in [3.63, 3.8) is 0 Å². The summed E-state index contributed by atoms with van der Waals surface area (Å²) >= 11 is 0. The monoisotopic (exact) mass is 377 g/mol. The van der Waals surface area contributed by atoms with Crippen molar-refractivity contribution in [1.29, 1.82) is 0 Å². The van der Waals surface area contributed by atoms with Gasteiger partial charge in [-0.15, -0.1) is 0 Å². The minimum Gasteiger partial charge on any atom is -0.435 e. The van der Waals surface area contributed by atoms with E-state index in [2.05, 4.69) is 14.8 Å². The van der Waals surface area contributed by atoms with Gasteiger partial charge in [0.05, 0.1) is 6.20 Å². The van der Waals surface area contributed by atoms with Crippen molar-refractivity contribution < 1.29 is 18.3 Å². The lowest BCUT2D eigenvalue weighted by molar-refractivity contribution is -0.131. The molecule has 0 saturated heterocycles. The van der Waals surface area contributed by atoms with Gasteiger partial charge >= 0.3 is 6.61 Å². The van der Waals surface area contributed by atoms with Crippen molar-refractivity contribution in [3.8, 4) is 5.75 Å². The predicted octanol–water partition coefficient (Wildman–Crippen LogP) is 1.39. The number of likely N-dealkylation sites (N-methyl/N-ethyl adjacent to an activating group) is 1. The Balaban J connectivity index is 1.67. The first-order chi connectivity index (χ1) is 12.8. The van der Waals surface area contributed by atoms with Gasteiger partial charge in [-0.2, -0.15) is 13.9 Å². The second kappa shape index (κ2) is 7.52. The maximum absolute atomic E-state index is 12.4. The summed E-state index contributed by atoms with van der Waals surface area (Å²) in [7, 11) is 3.27. The van der Waals surface area contributed by atoms with E-state index < -0.39 is 6.61 Å². The summed E-state index contributed by atoms with van der Waals surface area (Å²) in [4.78, 5) is 30.4. The minimum absolute atomic E-state index is 0.0464. The Morgan fingerprint density at radius 2 is 2.00 bits per heavy atom. The Morgan fingerprint density at radius 3 is 2.67 bits per heavy atom. The Morgan fingerprint density at radius 1 is 1.30 bits per heavy atom. The van der Waals surface area contributed by atoms with Crippen LogP contribution in [0.4, 0.5) is 8.78 Å². The van der Waals surface area contributed by atoms with E-state index in [1.165, 1.54) is 38.8 Å². The number of carbonyl (C=O) groups excluding carboxylic acids is 1. The maximum Gasteiger partial charge on any atom is 0.387 e. The summed E-state index contributed by atoms with van der Waals surface area (Å²) in [5.41, 5.74) is 0.840. The number of halogens is 2. The van der Waals surface area contributed by atoms with E-state index in [0.717, 1.165) is 5.56 Å². The number of aromatic nitrogens is 4. The highest BCUT2D eigenvalue weighted by molar-refractivity contribution is 5.77. The zero-order valence-electron chi connectivity index (χ0n) is 14.7. The molecule has 0 unspecified atom stereocenters. The van der Waals surface area contributed by atoms with Crippen LogP contribution in [0.2, 0.25) is 0 Å². The molecule has 1 aromatic carbocycles. The molecule has 27 heavy (non-hydrogen) atoms. The van der Waals surface area contributed by atoms with Crippen molar-refractivity contribution in [3.05, 3.63) is 52.7 Å². The first kappa shape index (κ1) is 18.5. The first-order valence-corrected chi connectivity index (χ1v) is 8.00. The van der Waals surface area contributed by atoms with E-state index in [1.54, 1.807) is 26.2 Å². The number of alkyl halides is 2. The highest BCUT2D eigenvalue weighted by atomic mass is 19.3. The lowest BCUT2D eigenvalue weighted by Gasteiger charge is -2.18. The Hall–Kier alpha value is -3.30. The predicted molar refractivity (Wildman–Crippen MR) is 92.3 cm³/mol. The third-order valence-electron chi connectivity index (χ3n) is 4.02. The molecule has 0 bridgehead atoms. The lowest BCUT2D eigenvalue weighted by Crippen LogP contribution is -2.33. The number of hydrogen-bond donors (Lipinski definition) is 0. The largest absolute Gasteiger partial charge is 0.435 e. The van der Waals surface area contributed by atoms with Gasteiger partial charge in [0.25, 0.3) is 5.56 Å². The van der Waals surface area contributed by atoms with Crippen molar-refractivity contribution in [1.82, 2.24) is 24.2 Å². The molecule has 8 nitrogen and oxygen atoms in total. The number of amides is 1. The van der Waals surface area contributed by atoms with E-state index in [1.807, 2.05) is 0 Å². The number of hydrogen-bond acceptors (Lipinski definition) is 5. The number of carbonyl (C=O) groups is 1. The molecule has 0 saturated carbocycles. The van der Waals surface area contributed by atoms with Crippen LogP contribution >= 0.6 is 0 Å². The fourth-order valence-corrected chi connectivity index (χ4v) is 2.58. The molecule has 2 heterocycles. The topological polar surface area (TPSA) is 82.2 Å². The number of rotatable bonds is 6. The SMILES string of the molecule is CN(Cc1ccc(OC(F)F)cc1)C(=O)Cn1cnc2c(cnn2C)c1=O. The van der Waals surface area contributed by atoms with Gasteiger partial charge in [0, 0.05) is 20.6 Å². The molecule has 0 radical (unpaired) electrons. The molecular formula is C17H17F2N5O3. The molecular weight excluding hydrogens is 360 g/mol. The van der Waals surface area contributed by atoms with Crippen molar-refractivity contribution in [2.45, 2.75) is 19.7 Å². The number of benzene rings is 1. The van der Waals surface area contributed by atoms with Crippen LogP contribution in [-0.2, 0) is 24.9 Å². The zero-order chi connectivity index (χ0) is 19.6. The molecule has 142 valence electrons. The molecule has 0 atom stereocenters. The van der Waals surface area contributed by atoms with E-state index in [9.17, 15) is 18.4 Å². The quantitative estimate of drug-likeness (QED) is 0.648. The molecule has 1 amide bonds. The van der Waals surface area contributed by atoms with E-state index in [-0.39, 0.29) is 30.3 Å². The van der Waals surface area contributed by atoms with Gasteiger partial charge in [-0.25, -0.2) is 4.98 Å². The van der Waals surface area contributed by atoms with E-state index in [4.69, 9.17) is 0 Å². The molecule has 3 rings (SSSR count). The second-order valence-electron chi connectivity index (χ2n) is 5.96. The van der Waals surface area contributed by atoms with Gasteiger partial charge in [0.1, 0.15) is 24.0 Å². The Bertz CT molecular complexity index is 1010. The van der Waals surface area contributed by atoms with E-state index >= 15 is 0 Å². The van der Waals surface area contributed by atoms with Crippen molar-refractivity contribution in [2.75, 3.05) is 7.05 Å². The first-order valence-electron chi connectivity index (χ1n) is 8.00. The summed E-state index contributed by atoms with van der Waals surface area (Å²) in [6, 6.07) is 6.00. The van der Waals surface area contributed by atoms with Crippen LogP contribution in [0.5, 0.6) is 5.75 Å². The number of ether oxygens (including phenoxy) is 1. The van der Waals surface area contributed by atoms with Gasteiger partial charge < -0.3 is 9.64 Å². The second-order valence-corrected chi connectivity index (χ2v) is 5.96. The minimum atomic E-state index is -2.89.